The number of sulfone groups is 2. The van der Waals surface area contributed by atoms with Crippen LogP contribution in [0.1, 0.15) is 13.3 Å². The van der Waals surface area contributed by atoms with Crippen molar-refractivity contribution < 1.29 is 16.8 Å². The molecular formula is C9H17N3O4S3. The van der Waals surface area contributed by atoms with Crippen molar-refractivity contribution >= 4 is 42.0 Å². The van der Waals surface area contributed by atoms with Gasteiger partial charge in [-0.3, -0.25) is 0 Å². The molecule has 1 heterocycles. The van der Waals surface area contributed by atoms with Gasteiger partial charge in [0, 0.05) is 12.8 Å². The normalized spacial score (nSPS) is 12.5. The summed E-state index contributed by atoms with van der Waals surface area (Å²) in [4.78, 5) is -0.0205. The Kier molecular flexibility index (Phi) is 5.16. The van der Waals surface area contributed by atoms with E-state index in [9.17, 15) is 16.8 Å². The van der Waals surface area contributed by atoms with E-state index in [1.165, 1.54) is 0 Å². The summed E-state index contributed by atoms with van der Waals surface area (Å²) in [5.74, 6) is -0.144. The molecule has 10 heteroatoms. The second-order valence-electron chi connectivity index (χ2n) is 4.10. The first-order chi connectivity index (χ1) is 8.67. The van der Waals surface area contributed by atoms with E-state index in [4.69, 9.17) is 5.73 Å². The van der Waals surface area contributed by atoms with Gasteiger partial charge >= 0.3 is 0 Å². The first kappa shape index (κ1) is 16.2. The monoisotopic (exact) mass is 327 g/mol. The summed E-state index contributed by atoms with van der Waals surface area (Å²) in [6.07, 6.45) is 1.59. The molecule has 3 N–H and O–H groups in total. The van der Waals surface area contributed by atoms with Crippen LogP contribution in [-0.4, -0.2) is 45.5 Å². The second-order valence-corrected chi connectivity index (χ2v) is 9.18. The second kappa shape index (κ2) is 6.06. The molecule has 0 atom stereocenters. The number of hydrogen-bond acceptors (Lipinski definition) is 8. The fourth-order valence-electron chi connectivity index (χ4n) is 1.43. The minimum atomic E-state index is -3.48. The van der Waals surface area contributed by atoms with Crippen LogP contribution in [0.2, 0.25) is 0 Å². The lowest BCUT2D eigenvalue weighted by molar-refractivity contribution is 0.595. The van der Waals surface area contributed by atoms with E-state index < -0.39 is 19.7 Å². The summed E-state index contributed by atoms with van der Waals surface area (Å²) in [7, 11) is -6.59. The minimum absolute atomic E-state index is 0.0175. The van der Waals surface area contributed by atoms with E-state index in [2.05, 4.69) is 9.69 Å². The minimum Gasteiger partial charge on any atom is -0.382 e. The van der Waals surface area contributed by atoms with Gasteiger partial charge < -0.3 is 11.1 Å². The molecule has 110 valence electrons. The van der Waals surface area contributed by atoms with Gasteiger partial charge in [-0.25, -0.2) is 16.8 Å². The summed E-state index contributed by atoms with van der Waals surface area (Å²) in [6.45, 7) is 1.87. The van der Waals surface area contributed by atoms with E-state index in [1.54, 1.807) is 6.92 Å². The molecule has 1 aromatic rings. The zero-order valence-electron chi connectivity index (χ0n) is 10.7. The van der Waals surface area contributed by atoms with Crippen molar-refractivity contribution in [3.8, 4) is 0 Å². The fourth-order valence-corrected chi connectivity index (χ4v) is 4.55. The van der Waals surface area contributed by atoms with Crippen LogP contribution < -0.4 is 11.1 Å². The SMILES string of the molecule is CCCS(=O)(=O)c1c(N)nsc1NCCS(C)(=O)=O. The molecule has 0 unspecified atom stereocenters. The van der Waals surface area contributed by atoms with Gasteiger partial charge in [-0.15, -0.1) is 0 Å². The van der Waals surface area contributed by atoms with Gasteiger partial charge in [0.2, 0.25) is 0 Å². The summed E-state index contributed by atoms with van der Waals surface area (Å²) >= 11 is 0.919. The molecule has 1 rings (SSSR count). The Morgan fingerprint density at radius 3 is 2.42 bits per heavy atom. The lowest BCUT2D eigenvalue weighted by Crippen LogP contribution is -2.16. The maximum absolute atomic E-state index is 12.0. The Bertz CT molecular complexity index is 634. The number of rotatable bonds is 7. The maximum atomic E-state index is 12.0. The number of nitrogens with zero attached hydrogens (tertiary/aromatic N) is 1. The Morgan fingerprint density at radius 1 is 1.26 bits per heavy atom. The van der Waals surface area contributed by atoms with E-state index in [-0.39, 0.29) is 28.8 Å². The van der Waals surface area contributed by atoms with E-state index >= 15 is 0 Å². The van der Waals surface area contributed by atoms with Crippen molar-refractivity contribution in [1.29, 1.82) is 0 Å². The van der Waals surface area contributed by atoms with Crippen molar-refractivity contribution in [2.45, 2.75) is 18.2 Å². The van der Waals surface area contributed by atoms with Crippen molar-refractivity contribution in [3.63, 3.8) is 0 Å². The molecule has 7 nitrogen and oxygen atoms in total. The van der Waals surface area contributed by atoms with Gasteiger partial charge in [0.15, 0.2) is 15.7 Å². The largest absolute Gasteiger partial charge is 0.382 e. The topological polar surface area (TPSA) is 119 Å². The van der Waals surface area contributed by atoms with Crippen LogP contribution >= 0.6 is 11.5 Å². The molecule has 0 aliphatic carbocycles. The molecule has 0 saturated carbocycles. The Hall–Kier alpha value is -0.870. The lowest BCUT2D eigenvalue weighted by atomic mass is 10.6. The van der Waals surface area contributed by atoms with Crippen LogP contribution in [-0.2, 0) is 19.7 Å². The quantitative estimate of drug-likeness (QED) is 0.742. The van der Waals surface area contributed by atoms with Crippen LogP contribution in [0.5, 0.6) is 0 Å². The number of anilines is 2. The number of nitrogens with one attached hydrogen (secondary N) is 1. The van der Waals surface area contributed by atoms with Crippen molar-refractivity contribution in [1.82, 2.24) is 4.37 Å². The van der Waals surface area contributed by atoms with E-state index in [1.807, 2.05) is 0 Å². The molecule has 0 aliphatic rings. The molecule has 0 saturated heterocycles. The number of hydrogen-bond donors (Lipinski definition) is 2. The van der Waals surface area contributed by atoms with Crippen molar-refractivity contribution in [2.24, 2.45) is 0 Å². The van der Waals surface area contributed by atoms with Gasteiger partial charge in [-0.2, -0.15) is 4.37 Å². The fraction of sp³-hybridized carbons (Fsp3) is 0.667. The van der Waals surface area contributed by atoms with Crippen LogP contribution in [0.25, 0.3) is 0 Å². The third kappa shape index (κ3) is 4.62. The highest BCUT2D eigenvalue weighted by Gasteiger charge is 2.24. The van der Waals surface area contributed by atoms with Crippen LogP contribution in [0.3, 0.4) is 0 Å². The van der Waals surface area contributed by atoms with Crippen molar-refractivity contribution in [2.75, 3.05) is 35.4 Å². The molecule has 0 aliphatic heterocycles. The molecule has 19 heavy (non-hydrogen) atoms. The molecule has 0 amide bonds. The molecular weight excluding hydrogens is 310 g/mol. The van der Waals surface area contributed by atoms with Gasteiger partial charge in [0.1, 0.15) is 19.7 Å². The number of nitrogens with two attached hydrogens (primary N) is 1. The third-order valence-electron chi connectivity index (χ3n) is 2.22. The lowest BCUT2D eigenvalue weighted by Gasteiger charge is -2.07. The molecule has 0 fully saturated rings. The molecule has 0 radical (unpaired) electrons. The highest BCUT2D eigenvalue weighted by Crippen LogP contribution is 2.32. The molecule has 0 bridgehead atoms. The van der Waals surface area contributed by atoms with Crippen molar-refractivity contribution in [3.05, 3.63) is 0 Å². The Labute approximate surface area is 117 Å². The average molecular weight is 327 g/mol. The summed E-state index contributed by atoms with van der Waals surface area (Å²) in [5.41, 5.74) is 5.58. The first-order valence-corrected chi connectivity index (χ1v) is 10.1. The van der Waals surface area contributed by atoms with Crippen LogP contribution in [0.15, 0.2) is 4.90 Å². The smallest absolute Gasteiger partial charge is 0.185 e. The van der Waals surface area contributed by atoms with Gasteiger partial charge in [0.05, 0.1) is 11.5 Å². The molecule has 1 aromatic heterocycles. The zero-order chi connectivity index (χ0) is 14.7. The van der Waals surface area contributed by atoms with Crippen LogP contribution in [0, 0.1) is 0 Å². The number of aromatic nitrogens is 1. The predicted octanol–water partition coefficient (Wildman–Crippen LogP) is 0.365. The molecule has 0 aromatic carbocycles. The zero-order valence-corrected chi connectivity index (χ0v) is 13.2. The third-order valence-corrected chi connectivity index (χ3v) is 6.09. The van der Waals surface area contributed by atoms with Gasteiger partial charge in [-0.05, 0) is 18.0 Å². The summed E-state index contributed by atoms with van der Waals surface area (Å²) in [5, 5.41) is 3.07. The molecule has 0 spiro atoms. The predicted molar refractivity (Wildman–Crippen MR) is 77.1 cm³/mol. The van der Waals surface area contributed by atoms with Gasteiger partial charge in [0.25, 0.3) is 0 Å². The highest BCUT2D eigenvalue weighted by molar-refractivity contribution is 7.92. The van der Waals surface area contributed by atoms with E-state index in [0.717, 1.165) is 17.8 Å². The number of nitrogen functional groups attached to an aromatic ring is 1. The Balaban J connectivity index is 2.93. The van der Waals surface area contributed by atoms with Crippen LogP contribution in [0.4, 0.5) is 10.8 Å². The summed E-state index contributed by atoms with van der Waals surface area (Å²) < 4.78 is 49.9. The first-order valence-electron chi connectivity index (χ1n) is 5.57. The Morgan fingerprint density at radius 2 is 1.89 bits per heavy atom. The maximum Gasteiger partial charge on any atom is 0.185 e. The highest BCUT2D eigenvalue weighted by atomic mass is 32.2. The van der Waals surface area contributed by atoms with E-state index in [0.29, 0.717) is 11.4 Å². The standard InChI is InChI=1S/C9H17N3O4S3/c1-3-5-19(15,16)7-8(10)12-17-9(7)11-4-6-18(2,13)14/h11H,3-6H2,1-2H3,(H2,10,12). The summed E-state index contributed by atoms with van der Waals surface area (Å²) in [6, 6.07) is 0. The average Bonchev–Trinajstić information content (AvgIpc) is 2.58. The van der Waals surface area contributed by atoms with Gasteiger partial charge in [-0.1, -0.05) is 6.92 Å².